The van der Waals surface area contributed by atoms with Gasteiger partial charge >= 0.3 is 5.97 Å². The van der Waals surface area contributed by atoms with Gasteiger partial charge in [-0.15, -0.1) is 0 Å². The first kappa shape index (κ1) is 14.7. The molecule has 0 spiro atoms. The van der Waals surface area contributed by atoms with Crippen LogP contribution in [-0.2, 0) is 14.3 Å². The second-order valence-corrected chi connectivity index (χ2v) is 4.38. The average Bonchev–Trinajstić information content (AvgIpc) is 2.53. The number of nitro groups is 1. The summed E-state index contributed by atoms with van der Waals surface area (Å²) in [5.74, 6) is -0.452. The number of benzene rings is 1. The van der Waals surface area contributed by atoms with Crippen LogP contribution in [0.3, 0.4) is 0 Å². The van der Waals surface area contributed by atoms with Crippen molar-refractivity contribution in [1.29, 1.82) is 5.26 Å². The van der Waals surface area contributed by atoms with Crippen molar-refractivity contribution < 1.29 is 19.2 Å². The lowest BCUT2D eigenvalue weighted by Crippen LogP contribution is -2.50. The molecule has 0 bridgehead atoms. The van der Waals surface area contributed by atoms with Gasteiger partial charge in [-0.1, -0.05) is 0 Å². The molecule has 0 aliphatic carbocycles. The molecule has 1 aromatic carbocycles. The van der Waals surface area contributed by atoms with Crippen LogP contribution in [0.5, 0.6) is 0 Å². The zero-order valence-electron chi connectivity index (χ0n) is 11.3. The van der Waals surface area contributed by atoms with Gasteiger partial charge in [0.1, 0.15) is 11.6 Å². The van der Waals surface area contributed by atoms with Gasteiger partial charge in [0, 0.05) is 18.3 Å². The van der Waals surface area contributed by atoms with Crippen molar-refractivity contribution in [1.82, 2.24) is 0 Å². The first-order valence-corrected chi connectivity index (χ1v) is 6.19. The van der Waals surface area contributed by atoms with Crippen LogP contribution in [0.2, 0.25) is 0 Å². The molecule has 1 saturated heterocycles. The zero-order valence-corrected chi connectivity index (χ0v) is 11.3. The summed E-state index contributed by atoms with van der Waals surface area (Å²) < 4.78 is 9.99. The molecule has 0 N–H and O–H groups in total. The van der Waals surface area contributed by atoms with Gasteiger partial charge in [-0.05, 0) is 12.1 Å². The maximum Gasteiger partial charge on any atom is 0.330 e. The number of carbonyl (C=O) groups excluding carboxylic acids is 1. The highest BCUT2D eigenvalue weighted by atomic mass is 16.6. The van der Waals surface area contributed by atoms with E-state index in [1.165, 1.54) is 25.3 Å². The Balaban J connectivity index is 2.38. The van der Waals surface area contributed by atoms with Gasteiger partial charge in [-0.3, -0.25) is 10.1 Å². The molecule has 2 rings (SSSR count). The molecule has 1 heterocycles. The quantitative estimate of drug-likeness (QED) is 0.461. The fraction of sp³-hybridized carbons (Fsp3) is 0.385. The van der Waals surface area contributed by atoms with E-state index in [9.17, 15) is 14.9 Å². The minimum atomic E-state index is -0.628. The highest BCUT2D eigenvalue weighted by Gasteiger charge is 2.31. The number of nitriles is 1. The standard InChI is InChI=1S/C13H13N3O5/c1-20-13(17)12-8-21-5-4-15(12)10-2-3-11(16(18)19)9(6-10)7-14/h2-3,6,12H,4-5,8H2,1H3. The van der Waals surface area contributed by atoms with Crippen molar-refractivity contribution in [2.45, 2.75) is 6.04 Å². The number of nitrogens with zero attached hydrogens (tertiary/aromatic N) is 3. The van der Waals surface area contributed by atoms with Crippen LogP contribution in [0.25, 0.3) is 0 Å². The smallest absolute Gasteiger partial charge is 0.330 e. The Morgan fingerprint density at radius 2 is 2.38 bits per heavy atom. The summed E-state index contributed by atoms with van der Waals surface area (Å²) in [4.78, 5) is 23.7. The maximum absolute atomic E-state index is 11.8. The minimum absolute atomic E-state index is 0.0485. The van der Waals surface area contributed by atoms with Crippen LogP contribution in [-0.4, -0.2) is 43.8 Å². The van der Waals surface area contributed by atoms with E-state index < -0.39 is 16.9 Å². The van der Waals surface area contributed by atoms with E-state index in [1.807, 2.05) is 0 Å². The largest absolute Gasteiger partial charge is 0.467 e. The van der Waals surface area contributed by atoms with E-state index in [1.54, 1.807) is 11.0 Å². The Morgan fingerprint density at radius 3 is 3.00 bits per heavy atom. The number of carbonyl (C=O) groups is 1. The van der Waals surface area contributed by atoms with Gasteiger partial charge in [-0.25, -0.2) is 4.79 Å². The van der Waals surface area contributed by atoms with E-state index >= 15 is 0 Å². The summed E-state index contributed by atoms with van der Waals surface area (Å²) >= 11 is 0. The van der Waals surface area contributed by atoms with Crippen molar-refractivity contribution in [3.05, 3.63) is 33.9 Å². The highest BCUT2D eigenvalue weighted by molar-refractivity contribution is 5.81. The predicted octanol–water partition coefficient (Wildman–Crippen LogP) is 0.845. The van der Waals surface area contributed by atoms with Crippen molar-refractivity contribution in [3.8, 4) is 6.07 Å². The molecule has 0 radical (unpaired) electrons. The van der Waals surface area contributed by atoms with Crippen molar-refractivity contribution >= 4 is 17.3 Å². The monoisotopic (exact) mass is 291 g/mol. The molecule has 8 heteroatoms. The first-order chi connectivity index (χ1) is 10.1. The molecule has 1 unspecified atom stereocenters. The third kappa shape index (κ3) is 2.93. The van der Waals surface area contributed by atoms with Gasteiger partial charge in [0.2, 0.25) is 0 Å². The topological polar surface area (TPSA) is 106 Å². The zero-order chi connectivity index (χ0) is 15.4. The second kappa shape index (κ2) is 6.19. The minimum Gasteiger partial charge on any atom is -0.467 e. The summed E-state index contributed by atoms with van der Waals surface area (Å²) in [7, 11) is 1.28. The molecule has 1 aromatic rings. The second-order valence-electron chi connectivity index (χ2n) is 4.38. The molecule has 21 heavy (non-hydrogen) atoms. The lowest BCUT2D eigenvalue weighted by molar-refractivity contribution is -0.385. The molecule has 0 aromatic heterocycles. The van der Waals surface area contributed by atoms with Gasteiger partial charge in [-0.2, -0.15) is 5.26 Å². The molecule has 1 aliphatic heterocycles. The normalized spacial score (nSPS) is 17.9. The Kier molecular flexibility index (Phi) is 4.35. The lowest BCUT2D eigenvalue weighted by Gasteiger charge is -2.35. The van der Waals surface area contributed by atoms with E-state index in [2.05, 4.69) is 0 Å². The molecule has 8 nitrogen and oxygen atoms in total. The average molecular weight is 291 g/mol. The molecule has 110 valence electrons. The Morgan fingerprint density at radius 1 is 1.62 bits per heavy atom. The van der Waals surface area contributed by atoms with Crippen LogP contribution < -0.4 is 4.90 Å². The van der Waals surface area contributed by atoms with E-state index in [0.717, 1.165) is 0 Å². The summed E-state index contributed by atoms with van der Waals surface area (Å²) in [6.45, 7) is 1.03. The number of morpholine rings is 1. The van der Waals surface area contributed by atoms with Crippen molar-refractivity contribution in [2.24, 2.45) is 0 Å². The van der Waals surface area contributed by atoms with Crippen LogP contribution in [0.1, 0.15) is 5.56 Å². The molecular formula is C13H13N3O5. The number of hydrogen-bond donors (Lipinski definition) is 0. The van der Waals surface area contributed by atoms with Gasteiger partial charge in [0.15, 0.2) is 6.04 Å². The molecule has 1 fully saturated rings. The van der Waals surface area contributed by atoms with Crippen molar-refractivity contribution in [3.63, 3.8) is 0 Å². The highest BCUT2D eigenvalue weighted by Crippen LogP contribution is 2.27. The SMILES string of the molecule is COC(=O)C1COCCN1c1ccc([N+](=O)[O-])c(C#N)c1. The van der Waals surface area contributed by atoms with E-state index in [-0.39, 0.29) is 17.9 Å². The van der Waals surface area contributed by atoms with Gasteiger partial charge in [0.05, 0.1) is 25.2 Å². The summed E-state index contributed by atoms with van der Waals surface area (Å²) in [5, 5.41) is 19.9. The van der Waals surface area contributed by atoms with Crippen LogP contribution in [0.15, 0.2) is 18.2 Å². The fourth-order valence-corrected chi connectivity index (χ4v) is 2.20. The van der Waals surface area contributed by atoms with Crippen molar-refractivity contribution in [2.75, 3.05) is 31.8 Å². The summed E-state index contributed by atoms with van der Waals surface area (Å²) in [5.41, 5.74) is 0.243. The Hall–Kier alpha value is -2.66. The van der Waals surface area contributed by atoms with E-state index in [0.29, 0.717) is 18.8 Å². The molecule has 0 saturated carbocycles. The number of esters is 1. The maximum atomic E-state index is 11.8. The first-order valence-electron chi connectivity index (χ1n) is 6.19. The van der Waals surface area contributed by atoms with Crippen LogP contribution >= 0.6 is 0 Å². The Bertz CT molecular complexity index is 610. The molecule has 1 atom stereocenters. The third-order valence-corrected chi connectivity index (χ3v) is 3.23. The third-order valence-electron chi connectivity index (χ3n) is 3.23. The van der Waals surface area contributed by atoms with E-state index in [4.69, 9.17) is 14.7 Å². The number of methoxy groups -OCH3 is 1. The summed E-state index contributed by atoms with van der Waals surface area (Å²) in [6.07, 6.45) is 0. The number of anilines is 1. The van der Waals surface area contributed by atoms with Crippen LogP contribution in [0, 0.1) is 21.4 Å². The molecule has 0 amide bonds. The van der Waals surface area contributed by atoms with Gasteiger partial charge < -0.3 is 14.4 Å². The lowest BCUT2D eigenvalue weighted by atomic mass is 10.1. The number of nitro benzene ring substituents is 1. The van der Waals surface area contributed by atoms with Crippen LogP contribution in [0.4, 0.5) is 11.4 Å². The summed E-state index contributed by atoms with van der Waals surface area (Å²) in [6, 6.07) is 5.35. The molecule has 1 aliphatic rings. The number of ether oxygens (including phenoxy) is 2. The fourth-order valence-electron chi connectivity index (χ4n) is 2.20. The number of hydrogen-bond acceptors (Lipinski definition) is 7. The van der Waals surface area contributed by atoms with Gasteiger partial charge in [0.25, 0.3) is 5.69 Å². The number of rotatable bonds is 3. The molecular weight excluding hydrogens is 278 g/mol. The predicted molar refractivity (Wildman–Crippen MR) is 71.8 cm³/mol. The Labute approximate surface area is 120 Å².